The van der Waals surface area contributed by atoms with Crippen molar-refractivity contribution in [2.24, 2.45) is 0 Å². The number of benzene rings is 2. The highest BCUT2D eigenvalue weighted by atomic mass is 79.9. The topological polar surface area (TPSA) is 3.24 Å². The zero-order valence-electron chi connectivity index (χ0n) is 15.6. The van der Waals surface area contributed by atoms with E-state index in [4.69, 9.17) is 0 Å². The standard InChI is InChI=1S/C23H20Br2NSi/c1-27(2,3)17-16-18-4-10-21(11-5-18)26(22-12-6-19(24)7-13-22)23-14-8-20(25)9-15-23/h4-14H,1-3H3/q+1. The van der Waals surface area contributed by atoms with E-state index in [0.29, 0.717) is 0 Å². The summed E-state index contributed by atoms with van der Waals surface area (Å²) in [5.74, 6) is 3.32. The largest absolute Gasteiger partial charge is 0.281 e. The van der Waals surface area contributed by atoms with E-state index in [2.05, 4.69) is 129 Å². The Bertz CT molecular complexity index is 966. The van der Waals surface area contributed by atoms with Gasteiger partial charge in [0, 0.05) is 37.3 Å². The zero-order valence-corrected chi connectivity index (χ0v) is 19.7. The molecular formula is C23H20Br2NSi+. The normalized spacial score (nSPS) is 13.1. The van der Waals surface area contributed by atoms with Crippen LogP contribution in [0.1, 0.15) is 5.56 Å². The molecule has 0 saturated heterocycles. The molecule has 0 radical (unpaired) electrons. The van der Waals surface area contributed by atoms with Gasteiger partial charge in [-0.3, -0.25) is 4.90 Å². The lowest BCUT2D eigenvalue weighted by Crippen LogP contribution is -2.16. The molecule has 1 aliphatic carbocycles. The molecular weight excluding hydrogens is 478 g/mol. The fraction of sp³-hybridized carbons (Fsp3) is 0.130. The SMILES string of the molecule is C[Si](C)(C)C#Cc1ccc(N(C2=[C+]C=C(Br)C=C2)c2ccc(Br)cc2)cc1. The fourth-order valence-corrected chi connectivity index (χ4v) is 3.54. The lowest BCUT2D eigenvalue weighted by molar-refractivity contribution is 1.19. The maximum Gasteiger partial charge on any atom is 0.214 e. The highest BCUT2D eigenvalue weighted by Gasteiger charge is 2.20. The Hall–Kier alpha value is -1.89. The van der Waals surface area contributed by atoms with E-state index in [1.54, 1.807) is 0 Å². The molecule has 0 spiro atoms. The van der Waals surface area contributed by atoms with E-state index >= 15 is 0 Å². The first-order chi connectivity index (χ1) is 12.8. The van der Waals surface area contributed by atoms with Crippen molar-refractivity contribution < 1.29 is 0 Å². The van der Waals surface area contributed by atoms with Gasteiger partial charge in [0.25, 0.3) is 0 Å². The number of hydrogen-bond acceptors (Lipinski definition) is 1. The van der Waals surface area contributed by atoms with Crippen molar-refractivity contribution in [2.75, 3.05) is 4.90 Å². The Kier molecular flexibility index (Phi) is 6.19. The first kappa shape index (κ1) is 19.9. The van der Waals surface area contributed by atoms with Gasteiger partial charge in [0.05, 0.1) is 18.2 Å². The van der Waals surface area contributed by atoms with Gasteiger partial charge in [0.1, 0.15) is 18.6 Å². The number of hydrogen-bond donors (Lipinski definition) is 0. The quantitative estimate of drug-likeness (QED) is 0.243. The van der Waals surface area contributed by atoms with Gasteiger partial charge in [-0.25, -0.2) is 0 Å². The summed E-state index contributed by atoms with van der Waals surface area (Å²) in [6.45, 7) is 6.77. The minimum Gasteiger partial charge on any atom is -0.281 e. The minimum absolute atomic E-state index is 0.987. The molecule has 2 aromatic rings. The van der Waals surface area contributed by atoms with Crippen LogP contribution in [0.2, 0.25) is 19.6 Å². The van der Waals surface area contributed by atoms with Crippen LogP contribution in [-0.4, -0.2) is 8.07 Å². The summed E-state index contributed by atoms with van der Waals surface area (Å²) in [5.41, 5.74) is 7.62. The molecule has 0 amide bonds. The maximum atomic E-state index is 3.51. The molecule has 2 aromatic carbocycles. The van der Waals surface area contributed by atoms with Crippen LogP contribution in [0, 0.1) is 17.5 Å². The first-order valence-corrected chi connectivity index (χ1v) is 13.8. The van der Waals surface area contributed by atoms with E-state index < -0.39 is 8.07 Å². The lowest BCUT2D eigenvalue weighted by Gasteiger charge is -2.22. The Morgan fingerprint density at radius 2 is 1.44 bits per heavy atom. The number of anilines is 2. The fourth-order valence-electron chi connectivity index (χ4n) is 2.51. The summed E-state index contributed by atoms with van der Waals surface area (Å²) in [6, 6.07) is 16.7. The third-order valence-corrected chi connectivity index (χ3v) is 5.69. The summed E-state index contributed by atoms with van der Waals surface area (Å²) in [4.78, 5) is 2.19. The van der Waals surface area contributed by atoms with Crippen LogP contribution >= 0.6 is 31.9 Å². The molecule has 0 aromatic heterocycles. The molecule has 0 atom stereocenters. The van der Waals surface area contributed by atoms with Crippen LogP contribution in [0.25, 0.3) is 0 Å². The van der Waals surface area contributed by atoms with Crippen LogP contribution in [0.15, 0.2) is 81.4 Å². The van der Waals surface area contributed by atoms with Gasteiger partial charge < -0.3 is 0 Å². The molecule has 0 unspecified atom stereocenters. The lowest BCUT2D eigenvalue weighted by atomic mass is 10.1. The van der Waals surface area contributed by atoms with Crippen molar-refractivity contribution >= 4 is 51.3 Å². The number of rotatable bonds is 3. The summed E-state index contributed by atoms with van der Waals surface area (Å²) in [5, 5.41) is 0. The molecule has 0 aliphatic heterocycles. The maximum absolute atomic E-state index is 3.51. The highest BCUT2D eigenvalue weighted by Crippen LogP contribution is 2.33. The third kappa shape index (κ3) is 5.54. The van der Waals surface area contributed by atoms with Gasteiger partial charge in [-0.05, 0) is 48.5 Å². The van der Waals surface area contributed by atoms with Gasteiger partial charge in [0.2, 0.25) is 5.70 Å². The Balaban J connectivity index is 1.99. The smallest absolute Gasteiger partial charge is 0.214 e. The molecule has 134 valence electrons. The van der Waals surface area contributed by atoms with Crippen molar-refractivity contribution in [2.45, 2.75) is 19.6 Å². The third-order valence-electron chi connectivity index (χ3n) is 3.79. The molecule has 0 fully saturated rings. The van der Waals surface area contributed by atoms with Crippen LogP contribution in [0.5, 0.6) is 0 Å². The van der Waals surface area contributed by atoms with E-state index in [0.717, 1.165) is 31.6 Å². The average Bonchev–Trinajstić information content (AvgIpc) is 2.64. The summed E-state index contributed by atoms with van der Waals surface area (Å²) >= 11 is 7.01. The highest BCUT2D eigenvalue weighted by molar-refractivity contribution is 9.12. The predicted octanol–water partition coefficient (Wildman–Crippen LogP) is 7.35. The van der Waals surface area contributed by atoms with Gasteiger partial charge in [0.15, 0.2) is 0 Å². The molecule has 4 heteroatoms. The first-order valence-electron chi connectivity index (χ1n) is 8.68. The van der Waals surface area contributed by atoms with Crippen LogP contribution in [0.4, 0.5) is 11.4 Å². The van der Waals surface area contributed by atoms with Crippen molar-refractivity contribution in [3.05, 3.63) is 93.1 Å². The van der Waals surface area contributed by atoms with Gasteiger partial charge >= 0.3 is 0 Å². The number of nitrogens with zero attached hydrogens (tertiary/aromatic N) is 1. The van der Waals surface area contributed by atoms with Crippen molar-refractivity contribution in [3.8, 4) is 11.5 Å². The molecule has 27 heavy (non-hydrogen) atoms. The second-order valence-electron chi connectivity index (χ2n) is 7.25. The van der Waals surface area contributed by atoms with Crippen LogP contribution in [0.3, 0.4) is 0 Å². The van der Waals surface area contributed by atoms with E-state index in [1.165, 1.54) is 0 Å². The van der Waals surface area contributed by atoms with Gasteiger partial charge in [-0.2, -0.15) is 0 Å². The molecule has 1 aliphatic rings. The Morgan fingerprint density at radius 1 is 0.852 bits per heavy atom. The van der Waals surface area contributed by atoms with E-state index in [9.17, 15) is 0 Å². The van der Waals surface area contributed by atoms with Gasteiger partial charge in [-0.15, -0.1) is 5.54 Å². The number of allylic oxidation sites excluding steroid dienone is 5. The molecule has 3 rings (SSSR count). The van der Waals surface area contributed by atoms with Crippen molar-refractivity contribution in [1.82, 2.24) is 0 Å². The average molecular weight is 498 g/mol. The van der Waals surface area contributed by atoms with Gasteiger partial charge in [-0.1, -0.05) is 41.5 Å². The minimum atomic E-state index is -1.38. The Morgan fingerprint density at radius 3 is 1.96 bits per heavy atom. The molecule has 1 nitrogen and oxygen atoms in total. The number of halogens is 2. The zero-order chi connectivity index (χ0) is 19.4. The Labute approximate surface area is 179 Å². The molecule has 0 saturated carbocycles. The summed E-state index contributed by atoms with van der Waals surface area (Å²) in [6.07, 6.45) is 9.39. The molecule has 0 heterocycles. The molecule has 0 bridgehead atoms. The van der Waals surface area contributed by atoms with E-state index in [1.807, 2.05) is 12.2 Å². The second-order valence-corrected chi connectivity index (χ2v) is 13.8. The summed E-state index contributed by atoms with van der Waals surface area (Å²) in [7, 11) is -1.38. The summed E-state index contributed by atoms with van der Waals surface area (Å²) < 4.78 is 2.07. The van der Waals surface area contributed by atoms with Crippen LogP contribution < -0.4 is 4.90 Å². The van der Waals surface area contributed by atoms with Crippen molar-refractivity contribution in [3.63, 3.8) is 0 Å². The van der Waals surface area contributed by atoms with E-state index in [-0.39, 0.29) is 0 Å². The molecule has 0 N–H and O–H groups in total. The monoisotopic (exact) mass is 496 g/mol. The van der Waals surface area contributed by atoms with Crippen LogP contribution in [-0.2, 0) is 0 Å². The second kappa shape index (κ2) is 8.42. The van der Waals surface area contributed by atoms with Crippen molar-refractivity contribution in [1.29, 1.82) is 0 Å². The predicted molar refractivity (Wildman–Crippen MR) is 126 cm³/mol.